The second-order valence-corrected chi connectivity index (χ2v) is 4.97. The number of anilines is 1. The molecule has 0 saturated carbocycles. The van der Waals surface area contributed by atoms with Gasteiger partial charge in [0, 0.05) is 6.20 Å². The lowest BCUT2D eigenvalue weighted by molar-refractivity contribution is 0.954. The molecule has 0 saturated heterocycles. The first-order valence-electron chi connectivity index (χ1n) is 5.69. The summed E-state index contributed by atoms with van der Waals surface area (Å²) >= 11 is 1.66. The van der Waals surface area contributed by atoms with Gasteiger partial charge in [0.25, 0.3) is 0 Å². The first-order chi connectivity index (χ1) is 8.81. The molecule has 0 unspecified atom stereocenters. The minimum atomic E-state index is 0.670. The molecule has 0 fully saturated rings. The van der Waals surface area contributed by atoms with Crippen molar-refractivity contribution in [3.05, 3.63) is 48.0 Å². The zero-order valence-corrected chi connectivity index (χ0v) is 10.7. The zero-order chi connectivity index (χ0) is 12.4. The highest BCUT2D eigenvalue weighted by molar-refractivity contribution is 7.22. The maximum Gasteiger partial charge on any atom is 0.184 e. The predicted octanol–water partition coefficient (Wildman–Crippen LogP) is 3.01. The van der Waals surface area contributed by atoms with Gasteiger partial charge in [-0.25, -0.2) is 15.0 Å². The summed E-state index contributed by atoms with van der Waals surface area (Å²) in [5.74, 6) is 0.790. The molecule has 0 atom stereocenters. The summed E-state index contributed by atoms with van der Waals surface area (Å²) < 4.78 is 1.19. The Balaban J connectivity index is 1.76. The summed E-state index contributed by atoms with van der Waals surface area (Å²) in [5, 5.41) is 4.22. The van der Waals surface area contributed by atoms with E-state index in [1.807, 2.05) is 31.2 Å². The standard InChI is InChI=1S/C13H12N4S/c1-9-14-7-6-10(16-9)8-15-13-17-11-4-2-3-5-12(11)18-13/h2-7H,8H2,1H3,(H,15,17). The summed E-state index contributed by atoms with van der Waals surface area (Å²) in [5.41, 5.74) is 2.01. The molecule has 3 aromatic rings. The van der Waals surface area contributed by atoms with Gasteiger partial charge in [0.15, 0.2) is 5.13 Å². The molecule has 5 heteroatoms. The zero-order valence-electron chi connectivity index (χ0n) is 9.92. The number of aryl methyl sites for hydroxylation is 1. The van der Waals surface area contributed by atoms with Gasteiger partial charge in [0.2, 0.25) is 0 Å². The molecule has 4 nitrogen and oxygen atoms in total. The van der Waals surface area contributed by atoms with Gasteiger partial charge in [-0.15, -0.1) is 0 Å². The Labute approximate surface area is 109 Å². The molecule has 0 aliphatic carbocycles. The molecule has 18 heavy (non-hydrogen) atoms. The fourth-order valence-electron chi connectivity index (χ4n) is 1.72. The van der Waals surface area contributed by atoms with Crippen LogP contribution in [-0.4, -0.2) is 15.0 Å². The van der Waals surface area contributed by atoms with Crippen LogP contribution in [0.4, 0.5) is 5.13 Å². The fourth-order valence-corrected chi connectivity index (χ4v) is 2.58. The van der Waals surface area contributed by atoms with Crippen LogP contribution in [0.1, 0.15) is 11.5 Å². The fraction of sp³-hybridized carbons (Fsp3) is 0.154. The van der Waals surface area contributed by atoms with E-state index in [0.717, 1.165) is 22.2 Å². The molecule has 0 radical (unpaired) electrons. The van der Waals surface area contributed by atoms with Crippen LogP contribution < -0.4 is 5.32 Å². The van der Waals surface area contributed by atoms with Crippen LogP contribution in [0, 0.1) is 6.92 Å². The van der Waals surface area contributed by atoms with Crippen LogP contribution in [0.2, 0.25) is 0 Å². The average molecular weight is 256 g/mol. The van der Waals surface area contributed by atoms with Crippen molar-refractivity contribution in [2.75, 3.05) is 5.32 Å². The van der Waals surface area contributed by atoms with E-state index in [1.54, 1.807) is 17.5 Å². The Morgan fingerprint density at radius 2 is 2.06 bits per heavy atom. The van der Waals surface area contributed by atoms with Crippen molar-refractivity contribution in [3.8, 4) is 0 Å². The van der Waals surface area contributed by atoms with Crippen LogP contribution in [0.3, 0.4) is 0 Å². The number of rotatable bonds is 3. The second-order valence-electron chi connectivity index (χ2n) is 3.94. The molecule has 0 bridgehead atoms. The first kappa shape index (κ1) is 11.1. The van der Waals surface area contributed by atoms with E-state index in [1.165, 1.54) is 4.70 Å². The van der Waals surface area contributed by atoms with Gasteiger partial charge in [-0.1, -0.05) is 23.5 Å². The van der Waals surface area contributed by atoms with E-state index in [2.05, 4.69) is 26.3 Å². The summed E-state index contributed by atoms with van der Waals surface area (Å²) in [6, 6.07) is 10.0. The molecule has 2 heterocycles. The third kappa shape index (κ3) is 2.31. The van der Waals surface area contributed by atoms with E-state index in [0.29, 0.717) is 6.54 Å². The van der Waals surface area contributed by atoms with Crippen LogP contribution >= 0.6 is 11.3 Å². The number of nitrogens with one attached hydrogen (secondary N) is 1. The predicted molar refractivity (Wildman–Crippen MR) is 73.7 cm³/mol. The van der Waals surface area contributed by atoms with Crippen LogP contribution in [0.25, 0.3) is 10.2 Å². The van der Waals surface area contributed by atoms with Crippen LogP contribution in [0.15, 0.2) is 36.5 Å². The summed E-state index contributed by atoms with van der Waals surface area (Å²) in [4.78, 5) is 12.9. The third-order valence-electron chi connectivity index (χ3n) is 2.55. The molecular formula is C13H12N4S. The molecule has 1 aromatic carbocycles. The Bertz CT molecular complexity index is 644. The molecule has 90 valence electrons. The number of thiazole rings is 1. The first-order valence-corrected chi connectivity index (χ1v) is 6.51. The van der Waals surface area contributed by atoms with Gasteiger partial charge in [0.1, 0.15) is 5.82 Å². The van der Waals surface area contributed by atoms with Crippen molar-refractivity contribution in [1.82, 2.24) is 15.0 Å². The number of hydrogen-bond acceptors (Lipinski definition) is 5. The van der Waals surface area contributed by atoms with Crippen molar-refractivity contribution in [2.45, 2.75) is 13.5 Å². The Hall–Kier alpha value is -2.01. The molecule has 3 rings (SSSR count). The van der Waals surface area contributed by atoms with Crippen molar-refractivity contribution in [1.29, 1.82) is 0 Å². The van der Waals surface area contributed by atoms with Crippen LogP contribution in [0.5, 0.6) is 0 Å². The lowest BCUT2D eigenvalue weighted by Gasteiger charge is -2.01. The van der Waals surface area contributed by atoms with Gasteiger partial charge < -0.3 is 5.32 Å². The van der Waals surface area contributed by atoms with E-state index in [4.69, 9.17) is 0 Å². The van der Waals surface area contributed by atoms with Gasteiger partial charge in [-0.2, -0.15) is 0 Å². The van der Waals surface area contributed by atoms with E-state index >= 15 is 0 Å². The highest BCUT2D eigenvalue weighted by atomic mass is 32.1. The van der Waals surface area contributed by atoms with Gasteiger partial charge in [-0.3, -0.25) is 0 Å². The number of hydrogen-bond donors (Lipinski definition) is 1. The Morgan fingerprint density at radius 3 is 2.89 bits per heavy atom. The van der Waals surface area contributed by atoms with E-state index in [9.17, 15) is 0 Å². The van der Waals surface area contributed by atoms with Crippen molar-refractivity contribution in [2.24, 2.45) is 0 Å². The molecular weight excluding hydrogens is 244 g/mol. The van der Waals surface area contributed by atoms with Gasteiger partial charge >= 0.3 is 0 Å². The highest BCUT2D eigenvalue weighted by Gasteiger charge is 2.03. The van der Waals surface area contributed by atoms with Crippen molar-refractivity contribution < 1.29 is 0 Å². The smallest absolute Gasteiger partial charge is 0.184 e. The van der Waals surface area contributed by atoms with Crippen molar-refractivity contribution >= 4 is 26.7 Å². The number of para-hydroxylation sites is 1. The number of benzene rings is 1. The second kappa shape index (κ2) is 4.70. The summed E-state index contributed by atoms with van der Waals surface area (Å²) in [6.45, 7) is 2.56. The van der Waals surface area contributed by atoms with E-state index < -0.39 is 0 Å². The van der Waals surface area contributed by atoms with Crippen molar-refractivity contribution in [3.63, 3.8) is 0 Å². The van der Waals surface area contributed by atoms with Crippen LogP contribution in [-0.2, 0) is 6.54 Å². The largest absolute Gasteiger partial charge is 0.356 e. The molecule has 0 aliphatic rings. The average Bonchev–Trinajstić information content (AvgIpc) is 2.79. The molecule has 0 aliphatic heterocycles. The molecule has 1 N–H and O–H groups in total. The van der Waals surface area contributed by atoms with Gasteiger partial charge in [0.05, 0.1) is 22.5 Å². The number of nitrogens with zero attached hydrogens (tertiary/aromatic N) is 3. The molecule has 0 amide bonds. The minimum absolute atomic E-state index is 0.670. The number of aromatic nitrogens is 3. The van der Waals surface area contributed by atoms with E-state index in [-0.39, 0.29) is 0 Å². The maximum absolute atomic E-state index is 4.51. The topological polar surface area (TPSA) is 50.7 Å². The lowest BCUT2D eigenvalue weighted by atomic mass is 10.3. The minimum Gasteiger partial charge on any atom is -0.356 e. The Kier molecular flexibility index (Phi) is 2.90. The summed E-state index contributed by atoms with van der Waals surface area (Å²) in [7, 11) is 0. The monoisotopic (exact) mass is 256 g/mol. The van der Waals surface area contributed by atoms with Gasteiger partial charge in [-0.05, 0) is 25.1 Å². The number of fused-ring (bicyclic) bond motifs is 1. The Morgan fingerprint density at radius 1 is 1.17 bits per heavy atom. The summed E-state index contributed by atoms with van der Waals surface area (Å²) in [6.07, 6.45) is 1.78. The maximum atomic E-state index is 4.51. The third-order valence-corrected chi connectivity index (χ3v) is 3.54. The highest BCUT2D eigenvalue weighted by Crippen LogP contribution is 2.25. The quantitative estimate of drug-likeness (QED) is 0.782. The normalized spacial score (nSPS) is 10.7. The molecule has 0 spiro atoms. The molecule has 2 aromatic heterocycles. The lowest BCUT2D eigenvalue weighted by Crippen LogP contribution is -2.02. The SMILES string of the molecule is Cc1nccc(CNc2nc3ccccc3s2)n1.